The van der Waals surface area contributed by atoms with Crippen LogP contribution in [-0.2, 0) is 20.2 Å². The van der Waals surface area contributed by atoms with E-state index >= 15 is 0 Å². The molecule has 2 heterocycles. The Kier molecular flexibility index (Phi) is 14.3. The second-order valence-corrected chi connectivity index (χ2v) is 15.5. The van der Waals surface area contributed by atoms with E-state index in [1.54, 1.807) is 36.4 Å². The molecule has 0 spiro atoms. The highest BCUT2D eigenvalue weighted by Crippen LogP contribution is 2.29. The minimum atomic E-state index is -4.89. The summed E-state index contributed by atoms with van der Waals surface area (Å²) in [6.45, 7) is -0.447. The lowest BCUT2D eigenvalue weighted by atomic mass is 10.1. The first kappa shape index (κ1) is 43.7. The third-order valence-electron chi connectivity index (χ3n) is 8.27. The lowest BCUT2D eigenvalue weighted by Gasteiger charge is -2.21. The average molecular weight is 873 g/mol. The molecule has 0 atom stereocenters. The molecule has 0 aliphatic heterocycles. The van der Waals surface area contributed by atoms with E-state index in [0.29, 0.717) is 11.4 Å². The van der Waals surface area contributed by atoms with Gasteiger partial charge in [0.2, 0.25) is 35.7 Å². The molecule has 6 rings (SSSR count). The Bertz CT molecular complexity index is 2690. The summed E-state index contributed by atoms with van der Waals surface area (Å²) in [7, 11) is -9.76. The van der Waals surface area contributed by atoms with Crippen LogP contribution in [0, 0.1) is 0 Å². The summed E-state index contributed by atoms with van der Waals surface area (Å²) >= 11 is 0. The predicted octanol–water partition coefficient (Wildman–Crippen LogP) is 3.89. The first-order valence-electron chi connectivity index (χ1n) is 18.2. The molecule has 318 valence electrons. The Morgan fingerprint density at radius 3 is 1.28 bits per heavy atom. The number of benzene rings is 4. The molecule has 6 aromatic rings. The fourth-order valence-electron chi connectivity index (χ4n) is 5.59. The third-order valence-corrected chi connectivity index (χ3v) is 10.1. The molecule has 0 amide bonds. The number of aliphatic hydroxyl groups is 3. The Morgan fingerprint density at radius 1 is 0.492 bits per heavy atom. The molecule has 0 fully saturated rings. The number of nitrogens with zero attached hydrogens (tertiary/aromatic N) is 7. The van der Waals surface area contributed by atoms with Crippen LogP contribution in [0.1, 0.15) is 11.1 Å². The number of aromatic nitrogens is 6. The summed E-state index contributed by atoms with van der Waals surface area (Å²) in [6.07, 6.45) is 2.48. The van der Waals surface area contributed by atoms with E-state index in [4.69, 9.17) is 0 Å². The van der Waals surface area contributed by atoms with Crippen molar-refractivity contribution in [2.45, 2.75) is 9.79 Å². The second kappa shape index (κ2) is 19.9. The van der Waals surface area contributed by atoms with Crippen LogP contribution in [0.2, 0.25) is 0 Å². The highest BCUT2D eigenvalue weighted by molar-refractivity contribution is 7.86. The second-order valence-electron chi connectivity index (χ2n) is 12.7. The fraction of sp³-hybridized carbons (Fsp3) is 0.158. The van der Waals surface area contributed by atoms with E-state index < -0.39 is 30.0 Å². The molecule has 61 heavy (non-hydrogen) atoms. The van der Waals surface area contributed by atoms with Crippen LogP contribution in [-0.4, -0.2) is 111 Å². The number of para-hydroxylation sites is 2. The monoisotopic (exact) mass is 872 g/mol. The number of nitrogens with one attached hydrogen (secondary N) is 5. The van der Waals surface area contributed by atoms with Crippen molar-refractivity contribution in [1.82, 2.24) is 29.9 Å². The van der Waals surface area contributed by atoms with Crippen LogP contribution in [0.4, 0.5) is 58.4 Å². The molecule has 23 heteroatoms. The van der Waals surface area contributed by atoms with Crippen molar-refractivity contribution in [1.29, 1.82) is 0 Å². The van der Waals surface area contributed by atoms with Gasteiger partial charge in [-0.3, -0.25) is 9.11 Å². The summed E-state index contributed by atoms with van der Waals surface area (Å²) in [4.78, 5) is 26.5. The summed E-state index contributed by atoms with van der Waals surface area (Å²) in [5.74, 6) is 0.319. The third kappa shape index (κ3) is 12.3. The Balaban J connectivity index is 1.29. The van der Waals surface area contributed by atoms with Gasteiger partial charge >= 0.3 is 0 Å². The van der Waals surface area contributed by atoms with E-state index in [0.717, 1.165) is 12.1 Å². The van der Waals surface area contributed by atoms with E-state index in [9.17, 15) is 41.3 Å². The molecule has 0 saturated heterocycles. The zero-order valence-electron chi connectivity index (χ0n) is 32.0. The first-order chi connectivity index (χ1) is 29.3. The number of rotatable bonds is 20. The predicted molar refractivity (Wildman–Crippen MR) is 229 cm³/mol. The summed E-state index contributed by atoms with van der Waals surface area (Å²) in [5.41, 5.74) is 1.47. The molecule has 0 aliphatic rings. The maximum absolute atomic E-state index is 12.7. The van der Waals surface area contributed by atoms with Crippen molar-refractivity contribution in [2.75, 3.05) is 70.9 Å². The SMILES string of the molecule is O=S(=O)(O)c1cc(Nc2nc(NCCO)nc(Nc3ccccc3)n2)ccc1/C=C/c1ccc(Nc2nc(Nc3ccccc3)nc(N(CCO)CCO)n2)cc1S(=O)(=O)O. The summed E-state index contributed by atoms with van der Waals surface area (Å²) < 4.78 is 71.1. The van der Waals surface area contributed by atoms with Crippen molar-refractivity contribution in [3.05, 3.63) is 108 Å². The standard InChI is InChI=1S/C38H40N12O9S2/c51-20-17-39-33-44-34(40-27-7-3-1-4-8-27)46-35(45-33)42-29-15-13-25(31(23-29)60(54,55)56)11-12-26-14-16-30(24-32(26)61(57,58)59)43-37-47-36(41-28-9-5-2-6-10-28)48-38(49-37)50(18-21-52)19-22-53/h1-16,23-24,51-53H,17-22H2,(H,54,55,56)(H,57,58,59)(H2,41,43,47,48,49)(H3,39,40,42,44,45,46)/b12-11+. The molecule has 21 nitrogen and oxygen atoms in total. The number of aliphatic hydroxyl groups excluding tert-OH is 3. The molecule has 0 unspecified atom stereocenters. The maximum atomic E-state index is 12.7. The van der Waals surface area contributed by atoms with Gasteiger partial charge in [0.05, 0.1) is 19.8 Å². The maximum Gasteiger partial charge on any atom is 0.295 e. The number of hydrogen-bond acceptors (Lipinski definition) is 19. The van der Waals surface area contributed by atoms with Gasteiger partial charge in [0, 0.05) is 42.4 Å². The summed E-state index contributed by atoms with van der Waals surface area (Å²) in [5, 5.41) is 43.2. The largest absolute Gasteiger partial charge is 0.395 e. The number of anilines is 10. The normalized spacial score (nSPS) is 11.6. The molecule has 4 aromatic carbocycles. The van der Waals surface area contributed by atoms with Gasteiger partial charge < -0.3 is 46.8 Å². The van der Waals surface area contributed by atoms with Gasteiger partial charge in [-0.25, -0.2) is 0 Å². The van der Waals surface area contributed by atoms with E-state index in [-0.39, 0.29) is 97.6 Å². The Hall–Kier alpha value is -6.86. The fourth-order valence-corrected chi connectivity index (χ4v) is 7.01. The summed E-state index contributed by atoms with van der Waals surface area (Å²) in [6, 6.07) is 25.8. The molecular formula is C38H40N12O9S2. The van der Waals surface area contributed by atoms with E-state index in [1.807, 2.05) is 24.3 Å². The zero-order valence-corrected chi connectivity index (χ0v) is 33.6. The van der Waals surface area contributed by atoms with Crippen LogP contribution >= 0.6 is 0 Å². The number of hydrogen-bond donors (Lipinski definition) is 10. The van der Waals surface area contributed by atoms with Crippen molar-refractivity contribution < 1.29 is 41.3 Å². The smallest absolute Gasteiger partial charge is 0.295 e. The minimum Gasteiger partial charge on any atom is -0.395 e. The van der Waals surface area contributed by atoms with Crippen molar-refractivity contribution >= 4 is 90.8 Å². The van der Waals surface area contributed by atoms with Crippen molar-refractivity contribution in [2.24, 2.45) is 0 Å². The topological polar surface area (TPSA) is 310 Å². The molecule has 0 bridgehead atoms. The van der Waals surface area contributed by atoms with Crippen LogP contribution in [0.15, 0.2) is 107 Å². The van der Waals surface area contributed by atoms with Gasteiger partial charge in [0.15, 0.2) is 0 Å². The molecule has 2 aromatic heterocycles. The minimum absolute atomic E-state index is 0.0188. The van der Waals surface area contributed by atoms with Crippen LogP contribution in [0.5, 0.6) is 0 Å². The van der Waals surface area contributed by atoms with E-state index in [1.165, 1.54) is 41.3 Å². The average Bonchev–Trinajstić information content (AvgIpc) is 3.22. The molecular weight excluding hydrogens is 833 g/mol. The van der Waals surface area contributed by atoms with Crippen LogP contribution in [0.25, 0.3) is 12.2 Å². The Labute approximate surface area is 349 Å². The molecule has 10 N–H and O–H groups in total. The zero-order chi connectivity index (χ0) is 43.4. The van der Waals surface area contributed by atoms with Gasteiger partial charge in [0.25, 0.3) is 20.2 Å². The van der Waals surface area contributed by atoms with Gasteiger partial charge in [-0.05, 0) is 59.7 Å². The first-order valence-corrected chi connectivity index (χ1v) is 21.1. The van der Waals surface area contributed by atoms with Gasteiger partial charge in [-0.15, -0.1) is 0 Å². The Morgan fingerprint density at radius 2 is 0.885 bits per heavy atom. The van der Waals surface area contributed by atoms with Crippen LogP contribution < -0.4 is 31.5 Å². The van der Waals surface area contributed by atoms with E-state index in [2.05, 4.69) is 56.5 Å². The van der Waals surface area contributed by atoms with Crippen molar-refractivity contribution in [3.8, 4) is 0 Å². The quantitative estimate of drug-likeness (QED) is 0.0384. The van der Waals surface area contributed by atoms with Gasteiger partial charge in [0.1, 0.15) is 9.79 Å². The lowest BCUT2D eigenvalue weighted by Crippen LogP contribution is -2.31. The lowest BCUT2D eigenvalue weighted by molar-refractivity contribution is 0.280. The molecule has 0 radical (unpaired) electrons. The van der Waals surface area contributed by atoms with Gasteiger partial charge in [-0.1, -0.05) is 60.7 Å². The molecule has 0 aliphatic carbocycles. The highest BCUT2D eigenvalue weighted by Gasteiger charge is 2.20. The van der Waals surface area contributed by atoms with Crippen molar-refractivity contribution in [3.63, 3.8) is 0 Å². The highest BCUT2D eigenvalue weighted by atomic mass is 32.2. The van der Waals surface area contributed by atoms with Gasteiger partial charge in [-0.2, -0.15) is 46.7 Å². The van der Waals surface area contributed by atoms with Crippen LogP contribution in [0.3, 0.4) is 0 Å². The molecule has 0 saturated carbocycles.